The van der Waals surface area contributed by atoms with Crippen LogP contribution in [0.2, 0.25) is 0 Å². The number of benzene rings is 1. The fourth-order valence-electron chi connectivity index (χ4n) is 1.94. The lowest BCUT2D eigenvalue weighted by Gasteiger charge is -1.99. The number of hydrogen-bond donors (Lipinski definition) is 0. The fraction of sp³-hybridized carbons (Fsp3) is 0.333. The van der Waals surface area contributed by atoms with Gasteiger partial charge in [-0.15, -0.1) is 0 Å². The Morgan fingerprint density at radius 1 is 1.21 bits per heavy atom. The molecule has 0 saturated carbocycles. The highest BCUT2D eigenvalue weighted by molar-refractivity contribution is 5.87. The Kier molecular flexibility index (Phi) is 6.42. The Morgan fingerprint density at radius 2 is 1.96 bits per heavy atom. The average molecular weight is 331 g/mol. The molecule has 2 aromatic rings. The Morgan fingerprint density at radius 3 is 2.58 bits per heavy atom. The summed E-state index contributed by atoms with van der Waals surface area (Å²) in [6.07, 6.45) is 4.64. The first-order valence-electron chi connectivity index (χ1n) is 7.72. The van der Waals surface area contributed by atoms with E-state index in [-0.39, 0.29) is 5.95 Å². The zero-order chi connectivity index (χ0) is 17.4. The molecule has 6 nitrogen and oxygen atoms in total. The van der Waals surface area contributed by atoms with Crippen molar-refractivity contribution < 1.29 is 23.4 Å². The number of esters is 1. The molecule has 0 fully saturated rings. The van der Waals surface area contributed by atoms with Gasteiger partial charge in [-0.2, -0.15) is 0 Å². The number of hydrogen-bond acceptors (Lipinski definition) is 6. The lowest BCUT2D eigenvalue weighted by Crippen LogP contribution is -2.01. The van der Waals surface area contributed by atoms with Gasteiger partial charge in [-0.1, -0.05) is 13.3 Å². The maximum atomic E-state index is 11.6. The summed E-state index contributed by atoms with van der Waals surface area (Å²) in [7, 11) is 3.08. The van der Waals surface area contributed by atoms with Gasteiger partial charge in [0.25, 0.3) is 0 Å². The van der Waals surface area contributed by atoms with Crippen molar-refractivity contribution in [2.75, 3.05) is 20.8 Å². The van der Waals surface area contributed by atoms with E-state index < -0.39 is 5.97 Å². The van der Waals surface area contributed by atoms with Crippen molar-refractivity contribution in [1.82, 2.24) is 4.98 Å². The van der Waals surface area contributed by atoms with Crippen molar-refractivity contribution >= 4 is 12.0 Å². The number of unbranched alkanes of at least 4 members (excludes halogenated alkanes) is 1. The van der Waals surface area contributed by atoms with Gasteiger partial charge in [0.05, 0.1) is 20.8 Å². The van der Waals surface area contributed by atoms with Crippen LogP contribution in [0.3, 0.4) is 0 Å². The van der Waals surface area contributed by atoms with Gasteiger partial charge < -0.3 is 18.6 Å². The number of rotatable bonds is 8. The van der Waals surface area contributed by atoms with Crippen LogP contribution in [0.1, 0.15) is 25.5 Å². The van der Waals surface area contributed by atoms with Crippen LogP contribution in [0.5, 0.6) is 11.7 Å². The first-order valence-corrected chi connectivity index (χ1v) is 7.72. The Balaban J connectivity index is 2.13. The highest BCUT2D eigenvalue weighted by Crippen LogP contribution is 2.29. The first kappa shape index (κ1) is 17.6. The number of aromatic nitrogens is 1. The molecule has 6 heteroatoms. The van der Waals surface area contributed by atoms with Crippen LogP contribution in [0, 0.1) is 0 Å². The number of carbonyl (C=O) groups is 1. The lowest BCUT2D eigenvalue weighted by atomic mass is 10.2. The van der Waals surface area contributed by atoms with Gasteiger partial charge in [0.15, 0.2) is 0 Å². The number of ether oxygens (including phenoxy) is 3. The minimum absolute atomic E-state index is 0.235. The summed E-state index contributed by atoms with van der Waals surface area (Å²) in [6, 6.07) is 7.28. The van der Waals surface area contributed by atoms with E-state index in [1.54, 1.807) is 7.11 Å². The van der Waals surface area contributed by atoms with Crippen molar-refractivity contribution in [3.63, 3.8) is 0 Å². The number of oxazole rings is 1. The highest BCUT2D eigenvalue weighted by atomic mass is 16.6. The zero-order valence-corrected chi connectivity index (χ0v) is 14.1. The lowest BCUT2D eigenvalue weighted by molar-refractivity contribution is -0.137. The van der Waals surface area contributed by atoms with Gasteiger partial charge in [-0.05, 0) is 36.8 Å². The summed E-state index contributed by atoms with van der Waals surface area (Å²) < 4.78 is 20.9. The van der Waals surface area contributed by atoms with Gasteiger partial charge in [0.2, 0.25) is 5.89 Å². The summed E-state index contributed by atoms with van der Waals surface area (Å²) in [4.78, 5) is 16.0. The molecule has 1 aromatic carbocycles. The molecule has 0 saturated heterocycles. The molecule has 0 amide bonds. The zero-order valence-electron chi connectivity index (χ0n) is 14.1. The third-order valence-electron chi connectivity index (χ3n) is 3.26. The Bertz CT molecular complexity index is 688. The van der Waals surface area contributed by atoms with E-state index in [1.807, 2.05) is 31.2 Å². The summed E-state index contributed by atoms with van der Waals surface area (Å²) in [5.41, 5.74) is 1.20. The van der Waals surface area contributed by atoms with Crippen molar-refractivity contribution in [3.8, 4) is 23.1 Å². The van der Waals surface area contributed by atoms with Crippen LogP contribution in [-0.2, 0) is 9.53 Å². The van der Waals surface area contributed by atoms with Gasteiger partial charge in [-0.3, -0.25) is 0 Å². The minimum Gasteiger partial charge on any atom is -0.497 e. The van der Waals surface area contributed by atoms with Gasteiger partial charge in [0.1, 0.15) is 11.4 Å². The summed E-state index contributed by atoms with van der Waals surface area (Å²) >= 11 is 0. The van der Waals surface area contributed by atoms with Gasteiger partial charge in [-0.25, -0.2) is 9.78 Å². The number of carbonyl (C=O) groups excluding carboxylic acids is 1. The number of nitrogens with zero attached hydrogens (tertiary/aromatic N) is 1. The van der Waals surface area contributed by atoms with E-state index in [1.165, 1.54) is 19.3 Å². The van der Waals surface area contributed by atoms with Crippen LogP contribution in [-0.4, -0.2) is 31.8 Å². The third-order valence-corrected chi connectivity index (χ3v) is 3.26. The molecule has 0 aliphatic carbocycles. The normalized spacial score (nSPS) is 10.8. The molecule has 0 bridgehead atoms. The molecule has 24 heavy (non-hydrogen) atoms. The smallest absolute Gasteiger partial charge is 0.330 e. The van der Waals surface area contributed by atoms with Crippen molar-refractivity contribution in [2.24, 2.45) is 0 Å². The molecule has 1 aromatic heterocycles. The highest BCUT2D eigenvalue weighted by Gasteiger charge is 2.14. The molecule has 0 atom stereocenters. The van der Waals surface area contributed by atoms with Crippen LogP contribution < -0.4 is 9.47 Å². The standard InChI is InChI=1S/C18H21NO5/c1-4-5-12-23-16(20)11-10-15-18(22-3)24-17(19-15)13-6-8-14(21-2)9-7-13/h6-11H,4-5,12H2,1-3H3/b11-10+. The molecule has 0 spiro atoms. The fourth-order valence-corrected chi connectivity index (χ4v) is 1.94. The second-order valence-corrected chi connectivity index (χ2v) is 4.98. The van der Waals surface area contributed by atoms with E-state index in [0.717, 1.165) is 24.2 Å². The molecule has 1 heterocycles. The predicted molar refractivity (Wildman–Crippen MR) is 89.9 cm³/mol. The van der Waals surface area contributed by atoms with Crippen LogP contribution in [0.25, 0.3) is 17.5 Å². The maximum Gasteiger partial charge on any atom is 0.330 e. The number of methoxy groups -OCH3 is 2. The van der Waals surface area contributed by atoms with E-state index in [9.17, 15) is 4.79 Å². The van der Waals surface area contributed by atoms with Crippen LogP contribution in [0.15, 0.2) is 34.8 Å². The van der Waals surface area contributed by atoms with Gasteiger partial charge >= 0.3 is 11.9 Å². The first-order chi connectivity index (χ1) is 11.7. The quantitative estimate of drug-likeness (QED) is 0.417. The summed E-state index contributed by atoms with van der Waals surface area (Å²) in [5, 5.41) is 0. The second kappa shape index (κ2) is 8.76. The topological polar surface area (TPSA) is 70.8 Å². The second-order valence-electron chi connectivity index (χ2n) is 4.98. The molecule has 0 N–H and O–H groups in total. The van der Waals surface area contributed by atoms with Gasteiger partial charge in [0, 0.05) is 11.6 Å². The van der Waals surface area contributed by atoms with E-state index in [2.05, 4.69) is 4.98 Å². The predicted octanol–water partition coefficient (Wildman–Crippen LogP) is 3.72. The van der Waals surface area contributed by atoms with E-state index in [0.29, 0.717) is 18.2 Å². The molecule has 0 radical (unpaired) electrons. The summed E-state index contributed by atoms with van der Waals surface area (Å²) in [6.45, 7) is 2.44. The molecule has 0 aliphatic rings. The van der Waals surface area contributed by atoms with E-state index >= 15 is 0 Å². The monoisotopic (exact) mass is 331 g/mol. The Hall–Kier alpha value is -2.76. The van der Waals surface area contributed by atoms with Crippen molar-refractivity contribution in [1.29, 1.82) is 0 Å². The molecule has 0 aliphatic heterocycles. The largest absolute Gasteiger partial charge is 0.497 e. The SMILES string of the molecule is CCCCOC(=O)/C=C/c1nc(-c2ccc(OC)cc2)oc1OC. The van der Waals surface area contributed by atoms with Crippen molar-refractivity contribution in [3.05, 3.63) is 36.0 Å². The van der Waals surface area contributed by atoms with Crippen LogP contribution in [0.4, 0.5) is 0 Å². The average Bonchev–Trinajstić information content (AvgIpc) is 3.03. The van der Waals surface area contributed by atoms with E-state index in [4.69, 9.17) is 18.6 Å². The third kappa shape index (κ3) is 4.62. The minimum atomic E-state index is -0.417. The molecule has 2 rings (SSSR count). The summed E-state index contributed by atoms with van der Waals surface area (Å²) in [5.74, 6) is 0.957. The maximum absolute atomic E-state index is 11.6. The molecule has 0 unspecified atom stereocenters. The van der Waals surface area contributed by atoms with Crippen molar-refractivity contribution in [2.45, 2.75) is 19.8 Å². The molecule has 128 valence electrons. The Labute approximate surface area is 141 Å². The molecular weight excluding hydrogens is 310 g/mol. The van der Waals surface area contributed by atoms with Crippen LogP contribution >= 0.6 is 0 Å². The molecular formula is C18H21NO5.